The van der Waals surface area contributed by atoms with Gasteiger partial charge in [-0.3, -0.25) is 0 Å². The summed E-state index contributed by atoms with van der Waals surface area (Å²) in [4.78, 5) is 0. The molecule has 0 aromatic rings. The molecule has 0 amide bonds. The molecule has 0 N–H and O–H groups in total. The molecule has 11 heavy (non-hydrogen) atoms. The summed E-state index contributed by atoms with van der Waals surface area (Å²) in [7, 11) is 0. The molecule has 4 radical (unpaired) electrons. The largest absolute Gasteiger partial charge is 0.0654 e. The van der Waals surface area contributed by atoms with Crippen molar-refractivity contribution in [2.75, 3.05) is 0 Å². The van der Waals surface area contributed by atoms with Gasteiger partial charge in [0.15, 0.2) is 0 Å². The third kappa shape index (κ3) is 13.2. The second-order valence-electron chi connectivity index (χ2n) is 3.12. The van der Waals surface area contributed by atoms with Gasteiger partial charge in [0.2, 0.25) is 0 Å². The second kappa shape index (κ2) is 12.9. The average molecular weight is 170 g/mol. The molecule has 0 unspecified atom stereocenters. The quantitative estimate of drug-likeness (QED) is 0.403. The zero-order chi connectivity index (χ0) is 7.66. The minimum Gasteiger partial charge on any atom is -0.0654 e. The normalized spacial score (nSPS) is 9.27. The second-order valence-corrected chi connectivity index (χ2v) is 3.12. The molecular formula is C10H22Si. The van der Waals surface area contributed by atoms with Crippen molar-refractivity contribution in [1.82, 2.24) is 0 Å². The van der Waals surface area contributed by atoms with Gasteiger partial charge < -0.3 is 0 Å². The Morgan fingerprint density at radius 1 is 0.545 bits per heavy atom. The van der Waals surface area contributed by atoms with Crippen molar-refractivity contribution in [3.05, 3.63) is 0 Å². The van der Waals surface area contributed by atoms with Crippen LogP contribution in [0.4, 0.5) is 0 Å². The fourth-order valence-corrected chi connectivity index (χ4v) is 1.21. The van der Waals surface area contributed by atoms with Crippen LogP contribution in [0, 0.1) is 0 Å². The number of hydrogen-bond acceptors (Lipinski definition) is 0. The Morgan fingerprint density at radius 3 is 1.09 bits per heavy atom. The van der Waals surface area contributed by atoms with E-state index in [0.717, 1.165) is 0 Å². The van der Waals surface area contributed by atoms with E-state index in [2.05, 4.69) is 13.8 Å². The van der Waals surface area contributed by atoms with Crippen molar-refractivity contribution < 1.29 is 0 Å². The van der Waals surface area contributed by atoms with E-state index >= 15 is 0 Å². The van der Waals surface area contributed by atoms with Gasteiger partial charge in [0.25, 0.3) is 0 Å². The number of rotatable bonds is 7. The van der Waals surface area contributed by atoms with E-state index in [1.807, 2.05) is 0 Å². The van der Waals surface area contributed by atoms with Gasteiger partial charge in [0, 0.05) is 11.0 Å². The molecule has 66 valence electrons. The molecule has 0 aliphatic heterocycles. The van der Waals surface area contributed by atoms with Crippen LogP contribution in [0.3, 0.4) is 0 Å². The summed E-state index contributed by atoms with van der Waals surface area (Å²) in [6.45, 7) is 4.54. The van der Waals surface area contributed by atoms with Crippen molar-refractivity contribution in [1.29, 1.82) is 0 Å². The number of unbranched alkanes of at least 4 members (excludes halogenated alkanes) is 7. The smallest absolute Gasteiger partial charge is 0 e. The van der Waals surface area contributed by atoms with Crippen molar-refractivity contribution in [2.45, 2.75) is 65.2 Å². The fourth-order valence-electron chi connectivity index (χ4n) is 1.21. The van der Waals surface area contributed by atoms with E-state index in [9.17, 15) is 0 Å². The summed E-state index contributed by atoms with van der Waals surface area (Å²) in [5.41, 5.74) is 0. The maximum absolute atomic E-state index is 2.27. The molecule has 0 aromatic heterocycles. The lowest BCUT2D eigenvalue weighted by atomic mass is 10.1. The molecule has 0 aromatic carbocycles. The standard InChI is InChI=1S/C10H22.Si/c1-3-5-7-9-10-8-6-4-2;/h3-10H2,1-2H3;. The summed E-state index contributed by atoms with van der Waals surface area (Å²) in [6.07, 6.45) is 11.5. The Bertz CT molecular complexity index is 44.8. The molecular weight excluding hydrogens is 148 g/mol. The highest BCUT2D eigenvalue weighted by atomic mass is 28.1. The molecule has 0 saturated heterocycles. The lowest BCUT2D eigenvalue weighted by molar-refractivity contribution is 0.585. The molecule has 0 atom stereocenters. The third-order valence-electron chi connectivity index (χ3n) is 1.96. The van der Waals surface area contributed by atoms with E-state index in [4.69, 9.17) is 0 Å². The monoisotopic (exact) mass is 170 g/mol. The van der Waals surface area contributed by atoms with Crippen molar-refractivity contribution >= 4 is 11.0 Å². The molecule has 0 heterocycles. The maximum atomic E-state index is 2.27. The zero-order valence-electron chi connectivity index (χ0n) is 8.16. The van der Waals surface area contributed by atoms with Gasteiger partial charge in [-0.1, -0.05) is 65.2 Å². The highest BCUT2D eigenvalue weighted by molar-refractivity contribution is 5.75. The topological polar surface area (TPSA) is 0 Å². The molecule has 0 spiro atoms. The summed E-state index contributed by atoms with van der Waals surface area (Å²) in [5, 5.41) is 0. The van der Waals surface area contributed by atoms with Crippen LogP contribution in [0.15, 0.2) is 0 Å². The lowest BCUT2D eigenvalue weighted by Gasteiger charge is -1.97. The zero-order valence-corrected chi connectivity index (χ0v) is 9.16. The van der Waals surface area contributed by atoms with Crippen molar-refractivity contribution in [3.63, 3.8) is 0 Å². The van der Waals surface area contributed by atoms with Gasteiger partial charge in [-0.15, -0.1) is 0 Å². The van der Waals surface area contributed by atoms with Crippen LogP contribution < -0.4 is 0 Å². The lowest BCUT2D eigenvalue weighted by Crippen LogP contribution is -1.77. The highest BCUT2D eigenvalue weighted by Crippen LogP contribution is 2.07. The first-order valence-corrected chi connectivity index (χ1v) is 4.91. The molecule has 0 aliphatic carbocycles. The van der Waals surface area contributed by atoms with Crippen LogP contribution in [0.25, 0.3) is 0 Å². The summed E-state index contributed by atoms with van der Waals surface area (Å²) in [6, 6.07) is 0. The maximum Gasteiger partial charge on any atom is 0 e. The average Bonchev–Trinajstić information content (AvgIpc) is 1.97. The molecule has 0 fully saturated rings. The van der Waals surface area contributed by atoms with Crippen molar-refractivity contribution in [3.8, 4) is 0 Å². The van der Waals surface area contributed by atoms with Gasteiger partial charge in [-0.25, -0.2) is 0 Å². The minimum atomic E-state index is 0. The van der Waals surface area contributed by atoms with Crippen LogP contribution in [0.2, 0.25) is 0 Å². The molecule has 0 rings (SSSR count). The van der Waals surface area contributed by atoms with E-state index in [1.54, 1.807) is 0 Å². The third-order valence-corrected chi connectivity index (χ3v) is 1.96. The SMILES string of the molecule is CCCCCCCCCC.[Si]. The Balaban J connectivity index is 0. The highest BCUT2D eigenvalue weighted by Gasteiger charge is 1.87. The van der Waals surface area contributed by atoms with Gasteiger partial charge in [-0.05, 0) is 0 Å². The fraction of sp³-hybridized carbons (Fsp3) is 1.00. The predicted molar refractivity (Wildman–Crippen MR) is 54.0 cm³/mol. The first-order valence-electron chi connectivity index (χ1n) is 4.91. The van der Waals surface area contributed by atoms with Crippen LogP contribution in [-0.2, 0) is 0 Å². The predicted octanol–water partition coefficient (Wildman–Crippen LogP) is 3.77. The van der Waals surface area contributed by atoms with Crippen molar-refractivity contribution in [2.24, 2.45) is 0 Å². The minimum absolute atomic E-state index is 0. The van der Waals surface area contributed by atoms with E-state index in [1.165, 1.54) is 51.4 Å². The molecule has 0 bridgehead atoms. The Hall–Kier alpha value is 0.217. The van der Waals surface area contributed by atoms with Gasteiger partial charge in [0.1, 0.15) is 0 Å². The van der Waals surface area contributed by atoms with Crippen LogP contribution in [-0.4, -0.2) is 11.0 Å². The van der Waals surface area contributed by atoms with Crippen LogP contribution >= 0.6 is 0 Å². The van der Waals surface area contributed by atoms with Crippen LogP contribution in [0.5, 0.6) is 0 Å². The Morgan fingerprint density at radius 2 is 0.818 bits per heavy atom. The molecule has 0 aliphatic rings. The molecule has 0 saturated carbocycles. The van der Waals surface area contributed by atoms with E-state index in [0.29, 0.717) is 0 Å². The molecule has 0 nitrogen and oxygen atoms in total. The van der Waals surface area contributed by atoms with Gasteiger partial charge in [-0.2, -0.15) is 0 Å². The van der Waals surface area contributed by atoms with E-state index in [-0.39, 0.29) is 11.0 Å². The van der Waals surface area contributed by atoms with Crippen LogP contribution in [0.1, 0.15) is 65.2 Å². The Kier molecular flexibility index (Phi) is 16.1. The summed E-state index contributed by atoms with van der Waals surface area (Å²) in [5.74, 6) is 0. The number of hydrogen-bond donors (Lipinski definition) is 0. The van der Waals surface area contributed by atoms with Gasteiger partial charge >= 0.3 is 0 Å². The Labute approximate surface area is 76.8 Å². The first-order chi connectivity index (χ1) is 4.91. The summed E-state index contributed by atoms with van der Waals surface area (Å²) < 4.78 is 0. The van der Waals surface area contributed by atoms with Gasteiger partial charge in [0.05, 0.1) is 0 Å². The van der Waals surface area contributed by atoms with E-state index < -0.39 is 0 Å². The summed E-state index contributed by atoms with van der Waals surface area (Å²) >= 11 is 0. The first kappa shape index (κ1) is 13.8. The molecule has 1 heteroatoms.